The molecule has 1 unspecified atom stereocenters. The third-order valence-corrected chi connectivity index (χ3v) is 2.93. The molecule has 2 amide bonds. The van der Waals surface area contributed by atoms with Crippen LogP contribution in [-0.4, -0.2) is 46.5 Å². The fourth-order valence-electron chi connectivity index (χ4n) is 1.70. The summed E-state index contributed by atoms with van der Waals surface area (Å²) in [6.07, 6.45) is 1.34. The summed E-state index contributed by atoms with van der Waals surface area (Å²) in [5, 5.41) is 10.1. The second-order valence-electron chi connectivity index (χ2n) is 4.16. The number of hydrogen-bond acceptors (Lipinski definition) is 4. The van der Waals surface area contributed by atoms with Gasteiger partial charge in [0.2, 0.25) is 6.23 Å². The molecule has 1 aliphatic heterocycles. The predicted molar refractivity (Wildman–Crippen MR) is 53.5 cm³/mol. The van der Waals surface area contributed by atoms with Crippen LogP contribution in [0.3, 0.4) is 0 Å². The van der Waals surface area contributed by atoms with Gasteiger partial charge in [0.05, 0.1) is 5.92 Å². The minimum Gasteiger partial charge on any atom is -0.439 e. The van der Waals surface area contributed by atoms with Gasteiger partial charge in [-0.15, -0.1) is 0 Å². The molecule has 2 fully saturated rings. The van der Waals surface area contributed by atoms with Crippen molar-refractivity contribution >= 4 is 12.0 Å². The lowest BCUT2D eigenvalue weighted by molar-refractivity contribution is -0.206. The SMILES string of the molecule is CCN1CCC(OC(=O)C2CC2)N(O)C1=O. The number of carbonyl (C=O) groups excluding carboxylic acids is 2. The highest BCUT2D eigenvalue weighted by atomic mass is 16.6. The molecular formula is C10H16N2O4. The van der Waals surface area contributed by atoms with Gasteiger partial charge in [-0.25, -0.2) is 4.79 Å². The maximum Gasteiger partial charge on any atom is 0.347 e. The van der Waals surface area contributed by atoms with Gasteiger partial charge in [0.15, 0.2) is 0 Å². The predicted octanol–water partition coefficient (Wildman–Crippen LogP) is 0.802. The van der Waals surface area contributed by atoms with Gasteiger partial charge in [-0.05, 0) is 19.8 Å². The van der Waals surface area contributed by atoms with Gasteiger partial charge < -0.3 is 9.64 Å². The number of hydroxylamine groups is 2. The smallest absolute Gasteiger partial charge is 0.347 e. The molecule has 90 valence electrons. The van der Waals surface area contributed by atoms with Crippen LogP contribution in [0.1, 0.15) is 26.2 Å². The molecule has 0 aromatic rings. The number of hydrogen-bond donors (Lipinski definition) is 1. The van der Waals surface area contributed by atoms with E-state index in [0.29, 0.717) is 24.6 Å². The standard InChI is InChI=1S/C10H16N2O4/c1-2-11-6-5-8(12(15)10(11)14)16-9(13)7-3-4-7/h7-8,15H,2-6H2,1H3. The zero-order valence-corrected chi connectivity index (χ0v) is 9.26. The summed E-state index contributed by atoms with van der Waals surface area (Å²) in [6, 6.07) is -0.498. The van der Waals surface area contributed by atoms with E-state index in [1.165, 1.54) is 4.90 Å². The van der Waals surface area contributed by atoms with Gasteiger partial charge in [-0.2, -0.15) is 5.06 Å². The molecule has 1 heterocycles. The van der Waals surface area contributed by atoms with Crippen LogP contribution in [0.25, 0.3) is 0 Å². The number of ether oxygens (including phenoxy) is 1. The van der Waals surface area contributed by atoms with E-state index in [2.05, 4.69) is 0 Å². The third-order valence-electron chi connectivity index (χ3n) is 2.93. The number of esters is 1. The number of nitrogens with zero attached hydrogens (tertiary/aromatic N) is 2. The molecule has 0 aromatic carbocycles. The van der Waals surface area contributed by atoms with Crippen LogP contribution in [0.5, 0.6) is 0 Å². The van der Waals surface area contributed by atoms with Gasteiger partial charge in [-0.3, -0.25) is 10.0 Å². The second kappa shape index (κ2) is 4.29. The zero-order chi connectivity index (χ0) is 11.7. The molecule has 1 atom stereocenters. The van der Waals surface area contributed by atoms with Crippen molar-refractivity contribution < 1.29 is 19.5 Å². The summed E-state index contributed by atoms with van der Waals surface area (Å²) >= 11 is 0. The average molecular weight is 228 g/mol. The molecule has 6 nitrogen and oxygen atoms in total. The molecule has 1 N–H and O–H groups in total. The van der Waals surface area contributed by atoms with Gasteiger partial charge >= 0.3 is 12.0 Å². The molecule has 1 aliphatic carbocycles. The monoisotopic (exact) mass is 228 g/mol. The summed E-state index contributed by atoms with van der Waals surface area (Å²) in [7, 11) is 0. The highest BCUT2D eigenvalue weighted by Crippen LogP contribution is 2.31. The van der Waals surface area contributed by atoms with Crippen molar-refractivity contribution in [2.24, 2.45) is 5.92 Å². The summed E-state index contributed by atoms with van der Waals surface area (Å²) in [4.78, 5) is 24.4. The summed E-state index contributed by atoms with van der Waals surface area (Å²) in [6.45, 7) is 2.89. The average Bonchev–Trinajstić information content (AvgIpc) is 3.09. The lowest BCUT2D eigenvalue weighted by Gasteiger charge is -2.36. The maximum atomic E-state index is 11.5. The first-order valence-corrected chi connectivity index (χ1v) is 5.61. The zero-order valence-electron chi connectivity index (χ0n) is 9.26. The van der Waals surface area contributed by atoms with Crippen molar-refractivity contribution in [3.63, 3.8) is 0 Å². The first-order valence-electron chi connectivity index (χ1n) is 5.61. The number of amides is 2. The Morgan fingerprint density at radius 1 is 1.50 bits per heavy atom. The van der Waals surface area contributed by atoms with E-state index in [9.17, 15) is 14.8 Å². The van der Waals surface area contributed by atoms with Crippen LogP contribution in [-0.2, 0) is 9.53 Å². The van der Waals surface area contributed by atoms with E-state index in [-0.39, 0.29) is 11.9 Å². The molecular weight excluding hydrogens is 212 g/mol. The summed E-state index contributed by atoms with van der Waals surface area (Å²) in [5.74, 6) is -0.325. The molecule has 1 saturated carbocycles. The Morgan fingerprint density at radius 3 is 2.75 bits per heavy atom. The first kappa shape index (κ1) is 11.2. The van der Waals surface area contributed by atoms with Crippen molar-refractivity contribution in [2.45, 2.75) is 32.4 Å². The Hall–Kier alpha value is -1.30. The first-order chi connectivity index (χ1) is 7.63. The van der Waals surface area contributed by atoms with Crippen LogP contribution in [0, 0.1) is 5.92 Å². The van der Waals surface area contributed by atoms with Gasteiger partial charge in [-0.1, -0.05) is 0 Å². The highest BCUT2D eigenvalue weighted by molar-refractivity contribution is 5.77. The molecule has 0 radical (unpaired) electrons. The quantitative estimate of drug-likeness (QED) is 0.573. The highest BCUT2D eigenvalue weighted by Gasteiger charge is 2.38. The van der Waals surface area contributed by atoms with Crippen LogP contribution in [0.4, 0.5) is 4.79 Å². The Bertz CT molecular complexity index is 303. The molecule has 0 spiro atoms. The molecule has 2 rings (SSSR count). The van der Waals surface area contributed by atoms with Crippen LogP contribution < -0.4 is 0 Å². The van der Waals surface area contributed by atoms with E-state index < -0.39 is 12.3 Å². The number of carbonyl (C=O) groups is 2. The van der Waals surface area contributed by atoms with E-state index >= 15 is 0 Å². The van der Waals surface area contributed by atoms with E-state index in [1.54, 1.807) is 0 Å². The molecule has 6 heteroatoms. The van der Waals surface area contributed by atoms with Crippen molar-refractivity contribution in [1.29, 1.82) is 0 Å². The Morgan fingerprint density at radius 2 is 2.19 bits per heavy atom. The number of urea groups is 1. The van der Waals surface area contributed by atoms with Crippen molar-refractivity contribution in [3.05, 3.63) is 0 Å². The molecule has 0 aromatic heterocycles. The number of rotatable bonds is 3. The van der Waals surface area contributed by atoms with E-state index in [0.717, 1.165) is 12.8 Å². The summed E-state index contributed by atoms with van der Waals surface area (Å²) in [5.41, 5.74) is 0. The largest absolute Gasteiger partial charge is 0.439 e. The minimum absolute atomic E-state index is 0.0206. The minimum atomic E-state index is -0.816. The fourth-order valence-corrected chi connectivity index (χ4v) is 1.70. The van der Waals surface area contributed by atoms with Crippen LogP contribution in [0.15, 0.2) is 0 Å². The Labute approximate surface area is 93.7 Å². The maximum absolute atomic E-state index is 11.5. The van der Waals surface area contributed by atoms with Crippen LogP contribution in [0.2, 0.25) is 0 Å². The van der Waals surface area contributed by atoms with Crippen molar-refractivity contribution in [2.75, 3.05) is 13.1 Å². The molecule has 1 saturated heterocycles. The molecule has 2 aliphatic rings. The molecule has 0 bridgehead atoms. The third kappa shape index (κ3) is 2.11. The van der Waals surface area contributed by atoms with Crippen molar-refractivity contribution in [1.82, 2.24) is 9.96 Å². The van der Waals surface area contributed by atoms with Gasteiger partial charge in [0.25, 0.3) is 0 Å². The Balaban J connectivity index is 1.91. The topological polar surface area (TPSA) is 70.1 Å². The van der Waals surface area contributed by atoms with E-state index in [1.807, 2.05) is 6.92 Å². The summed E-state index contributed by atoms with van der Waals surface area (Å²) < 4.78 is 5.08. The normalized spacial score (nSPS) is 25.9. The lowest BCUT2D eigenvalue weighted by Crippen LogP contribution is -2.54. The van der Waals surface area contributed by atoms with Crippen molar-refractivity contribution in [3.8, 4) is 0 Å². The fraction of sp³-hybridized carbons (Fsp3) is 0.800. The van der Waals surface area contributed by atoms with E-state index in [4.69, 9.17) is 4.74 Å². The van der Waals surface area contributed by atoms with Crippen LogP contribution >= 0.6 is 0 Å². The second-order valence-corrected chi connectivity index (χ2v) is 4.16. The molecule has 16 heavy (non-hydrogen) atoms. The Kier molecular flexibility index (Phi) is 3.00. The lowest BCUT2D eigenvalue weighted by atomic mass is 10.3. The van der Waals surface area contributed by atoms with Gasteiger partial charge in [0, 0.05) is 19.5 Å². The van der Waals surface area contributed by atoms with Gasteiger partial charge in [0.1, 0.15) is 0 Å².